The summed E-state index contributed by atoms with van der Waals surface area (Å²) in [5.74, 6) is -3.96. The number of piperidine rings is 1. The highest BCUT2D eigenvalue weighted by molar-refractivity contribution is 5.98. The molecule has 1 aromatic rings. The molecule has 2 heterocycles. The first-order valence-corrected chi connectivity index (χ1v) is 9.32. The van der Waals surface area contributed by atoms with Gasteiger partial charge in [0.25, 0.3) is 11.8 Å². The second-order valence-electron chi connectivity index (χ2n) is 6.99. The monoisotopic (exact) mass is 409 g/mol. The van der Waals surface area contributed by atoms with Crippen LogP contribution >= 0.6 is 0 Å². The summed E-state index contributed by atoms with van der Waals surface area (Å²) in [6, 6.07) is 2.24. The standard InChI is InChI=1S/C19H21F2N3O5/c1-11(16(25)24-9-6-22-19(24)28)29-18(27)12-4-7-23(8-5-12)17(26)14-3-2-13(20)10-15(14)21/h2-3,10-12H,4-9H2,1H3,(H,22,28)/t11-/m1/s1. The van der Waals surface area contributed by atoms with Gasteiger partial charge in [0.2, 0.25) is 0 Å². The molecule has 0 spiro atoms. The highest BCUT2D eigenvalue weighted by atomic mass is 19.1. The Bertz CT molecular complexity index is 839. The van der Waals surface area contributed by atoms with Gasteiger partial charge in [0.1, 0.15) is 11.6 Å². The highest BCUT2D eigenvalue weighted by Crippen LogP contribution is 2.22. The molecule has 0 bridgehead atoms. The SMILES string of the molecule is C[C@@H](OC(=O)C1CCN(C(=O)c2ccc(F)cc2F)CC1)C(=O)N1CCNC1=O. The van der Waals surface area contributed by atoms with Gasteiger partial charge in [-0.05, 0) is 31.9 Å². The van der Waals surface area contributed by atoms with E-state index in [4.69, 9.17) is 4.74 Å². The number of esters is 1. The number of ether oxygens (including phenoxy) is 1. The number of rotatable bonds is 4. The summed E-state index contributed by atoms with van der Waals surface area (Å²) in [6.45, 7) is 2.38. The number of nitrogens with zero attached hydrogens (tertiary/aromatic N) is 2. The predicted molar refractivity (Wildman–Crippen MR) is 95.7 cm³/mol. The molecule has 8 nitrogen and oxygen atoms in total. The van der Waals surface area contributed by atoms with Gasteiger partial charge >= 0.3 is 12.0 Å². The molecule has 2 fully saturated rings. The van der Waals surface area contributed by atoms with Crippen molar-refractivity contribution in [2.24, 2.45) is 5.92 Å². The number of hydrogen-bond acceptors (Lipinski definition) is 5. The van der Waals surface area contributed by atoms with E-state index in [1.165, 1.54) is 11.8 Å². The van der Waals surface area contributed by atoms with E-state index in [-0.39, 0.29) is 25.2 Å². The van der Waals surface area contributed by atoms with Crippen LogP contribution < -0.4 is 5.32 Å². The van der Waals surface area contributed by atoms with Crippen LogP contribution in [-0.2, 0) is 14.3 Å². The minimum Gasteiger partial charge on any atom is -0.452 e. The van der Waals surface area contributed by atoms with E-state index >= 15 is 0 Å². The van der Waals surface area contributed by atoms with E-state index in [9.17, 15) is 28.0 Å². The molecule has 0 aromatic heterocycles. The van der Waals surface area contributed by atoms with Crippen molar-refractivity contribution >= 4 is 23.8 Å². The summed E-state index contributed by atoms with van der Waals surface area (Å²) in [4.78, 5) is 50.9. The number of urea groups is 1. The minimum absolute atomic E-state index is 0.201. The van der Waals surface area contributed by atoms with Crippen LogP contribution in [0.25, 0.3) is 0 Å². The summed E-state index contributed by atoms with van der Waals surface area (Å²) in [5, 5.41) is 2.50. The number of nitrogens with one attached hydrogen (secondary N) is 1. The Morgan fingerprint density at radius 3 is 2.45 bits per heavy atom. The zero-order chi connectivity index (χ0) is 21.1. The van der Waals surface area contributed by atoms with Crippen LogP contribution in [0.2, 0.25) is 0 Å². The number of hydrogen-bond donors (Lipinski definition) is 1. The molecule has 0 radical (unpaired) electrons. The van der Waals surface area contributed by atoms with E-state index in [1.807, 2.05) is 0 Å². The summed E-state index contributed by atoms with van der Waals surface area (Å²) in [7, 11) is 0. The van der Waals surface area contributed by atoms with E-state index in [0.717, 1.165) is 17.0 Å². The van der Waals surface area contributed by atoms with Crippen molar-refractivity contribution in [3.8, 4) is 0 Å². The third kappa shape index (κ3) is 4.52. The Morgan fingerprint density at radius 1 is 1.17 bits per heavy atom. The Labute approximate surface area is 165 Å². The Kier molecular flexibility index (Phi) is 6.09. The van der Waals surface area contributed by atoms with Crippen molar-refractivity contribution in [2.45, 2.75) is 25.9 Å². The lowest BCUT2D eigenvalue weighted by Gasteiger charge is -2.31. The highest BCUT2D eigenvalue weighted by Gasteiger charge is 2.34. The molecule has 2 aliphatic heterocycles. The van der Waals surface area contributed by atoms with Crippen molar-refractivity contribution < 1.29 is 32.7 Å². The van der Waals surface area contributed by atoms with E-state index in [1.54, 1.807) is 0 Å². The second kappa shape index (κ2) is 8.54. The molecule has 0 saturated carbocycles. The number of halogens is 2. The molecule has 156 valence electrons. The largest absolute Gasteiger partial charge is 0.452 e. The van der Waals surface area contributed by atoms with Gasteiger partial charge in [-0.1, -0.05) is 0 Å². The summed E-state index contributed by atoms with van der Waals surface area (Å²) in [6.07, 6.45) is -0.517. The third-order valence-corrected chi connectivity index (χ3v) is 5.04. The number of carbonyl (C=O) groups excluding carboxylic acids is 4. The number of benzene rings is 1. The van der Waals surface area contributed by atoms with Gasteiger partial charge in [0, 0.05) is 32.2 Å². The molecule has 0 unspecified atom stereocenters. The summed E-state index contributed by atoms with van der Waals surface area (Å²) in [5.41, 5.74) is -0.226. The molecule has 2 saturated heterocycles. The van der Waals surface area contributed by atoms with Gasteiger partial charge in [0.15, 0.2) is 6.10 Å². The molecule has 1 atom stereocenters. The minimum atomic E-state index is -1.10. The lowest BCUT2D eigenvalue weighted by Crippen LogP contribution is -2.44. The van der Waals surface area contributed by atoms with Crippen molar-refractivity contribution in [1.29, 1.82) is 0 Å². The third-order valence-electron chi connectivity index (χ3n) is 5.04. The number of carbonyl (C=O) groups is 4. The fourth-order valence-corrected chi connectivity index (χ4v) is 3.37. The average Bonchev–Trinajstić information content (AvgIpc) is 3.12. The first-order chi connectivity index (χ1) is 13.8. The number of likely N-dealkylation sites (tertiary alicyclic amines) is 1. The quantitative estimate of drug-likeness (QED) is 0.757. The van der Waals surface area contributed by atoms with Crippen molar-refractivity contribution in [3.05, 3.63) is 35.4 Å². The van der Waals surface area contributed by atoms with E-state index in [0.29, 0.717) is 25.5 Å². The molecule has 2 aliphatic rings. The maximum atomic E-state index is 13.8. The second-order valence-corrected chi connectivity index (χ2v) is 6.99. The topological polar surface area (TPSA) is 96.0 Å². The molecule has 0 aliphatic carbocycles. The van der Waals surface area contributed by atoms with E-state index in [2.05, 4.69) is 5.32 Å². The van der Waals surface area contributed by atoms with Crippen molar-refractivity contribution in [3.63, 3.8) is 0 Å². The number of amides is 4. The molecule has 1 N–H and O–H groups in total. The van der Waals surface area contributed by atoms with Crippen LogP contribution in [0, 0.1) is 17.6 Å². The first-order valence-electron chi connectivity index (χ1n) is 9.32. The van der Waals surface area contributed by atoms with Crippen LogP contribution in [0.3, 0.4) is 0 Å². The van der Waals surface area contributed by atoms with Gasteiger partial charge in [-0.25, -0.2) is 13.6 Å². The summed E-state index contributed by atoms with van der Waals surface area (Å²) < 4.78 is 32.0. The van der Waals surface area contributed by atoms with Gasteiger partial charge in [-0.2, -0.15) is 0 Å². The predicted octanol–water partition coefficient (Wildman–Crippen LogP) is 1.30. The lowest BCUT2D eigenvalue weighted by molar-refractivity contribution is -0.162. The number of imide groups is 1. The summed E-state index contributed by atoms with van der Waals surface area (Å²) >= 11 is 0. The fourth-order valence-electron chi connectivity index (χ4n) is 3.37. The first kappa shape index (κ1) is 20.7. The van der Waals surface area contributed by atoms with Gasteiger partial charge in [-0.3, -0.25) is 19.3 Å². The van der Waals surface area contributed by atoms with Crippen molar-refractivity contribution in [2.75, 3.05) is 26.2 Å². The Hall–Kier alpha value is -3.04. The van der Waals surface area contributed by atoms with Crippen LogP contribution in [0.1, 0.15) is 30.1 Å². The van der Waals surface area contributed by atoms with Crippen LogP contribution in [-0.4, -0.2) is 65.9 Å². The Morgan fingerprint density at radius 2 is 1.86 bits per heavy atom. The van der Waals surface area contributed by atoms with Crippen LogP contribution in [0.5, 0.6) is 0 Å². The molecular formula is C19H21F2N3O5. The van der Waals surface area contributed by atoms with Gasteiger partial charge in [0.05, 0.1) is 11.5 Å². The van der Waals surface area contributed by atoms with Gasteiger partial charge in [-0.15, -0.1) is 0 Å². The average molecular weight is 409 g/mol. The van der Waals surface area contributed by atoms with Crippen LogP contribution in [0.4, 0.5) is 13.6 Å². The molecule has 10 heteroatoms. The maximum Gasteiger partial charge on any atom is 0.324 e. The zero-order valence-corrected chi connectivity index (χ0v) is 15.8. The lowest BCUT2D eigenvalue weighted by atomic mass is 9.96. The normalized spacial score (nSPS) is 18.4. The molecule has 29 heavy (non-hydrogen) atoms. The van der Waals surface area contributed by atoms with E-state index < -0.39 is 47.5 Å². The van der Waals surface area contributed by atoms with Crippen molar-refractivity contribution in [1.82, 2.24) is 15.1 Å². The smallest absolute Gasteiger partial charge is 0.324 e. The molecule has 4 amide bonds. The molecule has 1 aromatic carbocycles. The van der Waals surface area contributed by atoms with Gasteiger partial charge < -0.3 is 15.0 Å². The maximum absolute atomic E-state index is 13.8. The molecule has 3 rings (SSSR count). The van der Waals surface area contributed by atoms with Crippen LogP contribution in [0.15, 0.2) is 18.2 Å². The fraction of sp³-hybridized carbons (Fsp3) is 0.474. The zero-order valence-electron chi connectivity index (χ0n) is 15.8. The Balaban J connectivity index is 1.52. The molecular weight excluding hydrogens is 388 g/mol.